The summed E-state index contributed by atoms with van der Waals surface area (Å²) in [5.41, 5.74) is 0.739. The highest BCUT2D eigenvalue weighted by Crippen LogP contribution is 2.24. The molecule has 0 bridgehead atoms. The maximum absolute atomic E-state index is 12.4. The van der Waals surface area contributed by atoms with Crippen LogP contribution in [-0.4, -0.2) is 42.2 Å². The number of oxazole rings is 1. The van der Waals surface area contributed by atoms with Gasteiger partial charge < -0.3 is 23.8 Å². The van der Waals surface area contributed by atoms with E-state index < -0.39 is 0 Å². The zero-order chi connectivity index (χ0) is 17.1. The van der Waals surface area contributed by atoms with E-state index in [0.29, 0.717) is 30.4 Å². The number of nitrogens with one attached hydrogen (secondary N) is 1. The van der Waals surface area contributed by atoms with E-state index in [0.717, 1.165) is 18.9 Å². The summed E-state index contributed by atoms with van der Waals surface area (Å²) in [6, 6.07) is 7.10. The first kappa shape index (κ1) is 15.4. The molecule has 0 unspecified atom stereocenters. The van der Waals surface area contributed by atoms with E-state index in [2.05, 4.69) is 20.2 Å². The number of ether oxygens (including phenoxy) is 1. The van der Waals surface area contributed by atoms with Crippen LogP contribution in [0, 0.1) is 0 Å². The molecule has 0 aromatic carbocycles. The fraction of sp³-hybridized carbons (Fsp3) is 0.235. The van der Waals surface area contributed by atoms with Gasteiger partial charge >= 0.3 is 0 Å². The number of carbonyl (C=O) groups is 1. The lowest BCUT2D eigenvalue weighted by atomic mass is 10.2. The van der Waals surface area contributed by atoms with Crippen molar-refractivity contribution in [3.8, 4) is 11.5 Å². The molecular weight excluding hydrogens is 324 g/mol. The molecule has 0 atom stereocenters. The number of aromatic nitrogens is 2. The van der Waals surface area contributed by atoms with Gasteiger partial charge in [-0.15, -0.1) is 0 Å². The zero-order valence-electron chi connectivity index (χ0n) is 13.3. The summed E-state index contributed by atoms with van der Waals surface area (Å²) in [6.07, 6.45) is 4.34. The van der Waals surface area contributed by atoms with Crippen molar-refractivity contribution in [3.63, 3.8) is 0 Å². The summed E-state index contributed by atoms with van der Waals surface area (Å²) in [7, 11) is 0. The predicted molar refractivity (Wildman–Crippen MR) is 89.4 cm³/mol. The van der Waals surface area contributed by atoms with Crippen LogP contribution in [0.15, 0.2) is 52.0 Å². The third-order valence-corrected chi connectivity index (χ3v) is 3.87. The lowest BCUT2D eigenvalue weighted by molar-refractivity contribution is 0.102. The molecule has 1 amide bonds. The summed E-state index contributed by atoms with van der Waals surface area (Å²) >= 11 is 0. The van der Waals surface area contributed by atoms with E-state index in [1.807, 2.05) is 12.1 Å². The number of furan rings is 1. The highest BCUT2D eigenvalue weighted by molar-refractivity contribution is 6.06. The van der Waals surface area contributed by atoms with Crippen molar-refractivity contribution >= 4 is 17.4 Å². The Morgan fingerprint density at radius 3 is 2.72 bits per heavy atom. The average Bonchev–Trinajstić information content (AvgIpc) is 3.34. The third-order valence-electron chi connectivity index (χ3n) is 3.87. The SMILES string of the molecule is O=C(Nc1ccc(N2CCOCC2)nc1)c1ncoc1-c1ccco1. The minimum atomic E-state index is -0.388. The summed E-state index contributed by atoms with van der Waals surface area (Å²) < 4.78 is 15.9. The standard InChI is InChI=1S/C17H16N4O4/c22-17(15-16(25-11-19-15)13-2-1-7-24-13)20-12-3-4-14(18-10-12)21-5-8-23-9-6-21/h1-4,7,10-11H,5-6,8-9H2,(H,20,22). The Morgan fingerprint density at radius 2 is 2.00 bits per heavy atom. The fourth-order valence-electron chi connectivity index (χ4n) is 2.62. The lowest BCUT2D eigenvalue weighted by Crippen LogP contribution is -2.36. The van der Waals surface area contributed by atoms with E-state index in [4.69, 9.17) is 13.6 Å². The van der Waals surface area contributed by atoms with Crippen molar-refractivity contribution in [1.29, 1.82) is 0 Å². The summed E-state index contributed by atoms with van der Waals surface area (Å²) in [5, 5.41) is 2.77. The van der Waals surface area contributed by atoms with Gasteiger partial charge in [-0.25, -0.2) is 9.97 Å². The van der Waals surface area contributed by atoms with Gasteiger partial charge in [0.25, 0.3) is 5.91 Å². The third kappa shape index (κ3) is 3.24. The molecule has 4 heterocycles. The first-order valence-electron chi connectivity index (χ1n) is 7.89. The smallest absolute Gasteiger partial charge is 0.278 e. The molecule has 0 aliphatic carbocycles. The first-order chi connectivity index (χ1) is 12.3. The number of pyridine rings is 1. The predicted octanol–water partition coefficient (Wildman–Crippen LogP) is 2.42. The molecule has 4 rings (SSSR count). The van der Waals surface area contributed by atoms with Gasteiger partial charge in [0.05, 0.1) is 31.4 Å². The monoisotopic (exact) mass is 340 g/mol. The van der Waals surface area contributed by atoms with Gasteiger partial charge in [-0.3, -0.25) is 4.79 Å². The second kappa shape index (κ2) is 6.78. The van der Waals surface area contributed by atoms with Gasteiger partial charge in [-0.2, -0.15) is 0 Å². The second-order valence-electron chi connectivity index (χ2n) is 5.47. The molecule has 1 N–H and O–H groups in total. The van der Waals surface area contributed by atoms with Crippen LogP contribution in [0.4, 0.5) is 11.5 Å². The molecule has 8 nitrogen and oxygen atoms in total. The molecule has 0 radical (unpaired) electrons. The van der Waals surface area contributed by atoms with Crippen LogP contribution in [-0.2, 0) is 4.74 Å². The Bertz CT molecular complexity index is 836. The van der Waals surface area contributed by atoms with Crippen LogP contribution < -0.4 is 10.2 Å². The topological polar surface area (TPSA) is 93.6 Å². The molecule has 1 aliphatic heterocycles. The Hall–Kier alpha value is -3.13. The van der Waals surface area contributed by atoms with Crippen LogP contribution in [0.3, 0.4) is 0 Å². The van der Waals surface area contributed by atoms with E-state index in [9.17, 15) is 4.79 Å². The van der Waals surface area contributed by atoms with Crippen LogP contribution >= 0.6 is 0 Å². The molecule has 0 spiro atoms. The lowest BCUT2D eigenvalue weighted by Gasteiger charge is -2.27. The van der Waals surface area contributed by atoms with Crippen LogP contribution in [0.2, 0.25) is 0 Å². The molecule has 3 aromatic heterocycles. The van der Waals surface area contributed by atoms with E-state index in [-0.39, 0.29) is 11.6 Å². The van der Waals surface area contributed by atoms with Crippen molar-refractivity contribution in [1.82, 2.24) is 9.97 Å². The molecule has 8 heteroatoms. The largest absolute Gasteiger partial charge is 0.461 e. The Balaban J connectivity index is 1.47. The highest BCUT2D eigenvalue weighted by atomic mass is 16.5. The van der Waals surface area contributed by atoms with Crippen LogP contribution in [0.5, 0.6) is 0 Å². The number of carbonyl (C=O) groups excluding carboxylic acids is 1. The number of rotatable bonds is 4. The van der Waals surface area contributed by atoms with Crippen LogP contribution in [0.1, 0.15) is 10.5 Å². The van der Waals surface area contributed by atoms with E-state index in [1.165, 1.54) is 12.7 Å². The minimum Gasteiger partial charge on any atom is -0.461 e. The zero-order valence-corrected chi connectivity index (χ0v) is 13.3. The van der Waals surface area contributed by atoms with Gasteiger partial charge in [0.2, 0.25) is 5.76 Å². The van der Waals surface area contributed by atoms with Gasteiger partial charge in [-0.1, -0.05) is 0 Å². The molecule has 0 saturated carbocycles. The highest BCUT2D eigenvalue weighted by Gasteiger charge is 2.20. The van der Waals surface area contributed by atoms with Crippen LogP contribution in [0.25, 0.3) is 11.5 Å². The summed E-state index contributed by atoms with van der Waals surface area (Å²) in [4.78, 5) is 23.0. The Morgan fingerprint density at radius 1 is 1.12 bits per heavy atom. The minimum absolute atomic E-state index is 0.159. The second-order valence-corrected chi connectivity index (χ2v) is 5.47. The number of morpholine rings is 1. The molecule has 1 fully saturated rings. The van der Waals surface area contributed by atoms with Gasteiger partial charge in [-0.05, 0) is 24.3 Å². The van der Waals surface area contributed by atoms with Crippen molar-refractivity contribution in [3.05, 3.63) is 48.8 Å². The number of nitrogens with zero attached hydrogens (tertiary/aromatic N) is 3. The Labute approximate surface area is 143 Å². The molecule has 3 aromatic rings. The number of anilines is 2. The number of hydrogen-bond acceptors (Lipinski definition) is 7. The van der Waals surface area contributed by atoms with E-state index in [1.54, 1.807) is 18.3 Å². The van der Waals surface area contributed by atoms with Gasteiger partial charge in [0.15, 0.2) is 17.8 Å². The number of hydrogen-bond donors (Lipinski definition) is 1. The molecular formula is C17H16N4O4. The summed E-state index contributed by atoms with van der Waals surface area (Å²) in [5.74, 6) is 1.21. The molecule has 25 heavy (non-hydrogen) atoms. The van der Waals surface area contributed by atoms with Crippen molar-refractivity contribution in [2.75, 3.05) is 36.5 Å². The van der Waals surface area contributed by atoms with E-state index >= 15 is 0 Å². The van der Waals surface area contributed by atoms with Gasteiger partial charge in [0.1, 0.15) is 5.82 Å². The summed E-state index contributed by atoms with van der Waals surface area (Å²) in [6.45, 7) is 3.01. The maximum atomic E-state index is 12.4. The fourth-order valence-corrected chi connectivity index (χ4v) is 2.62. The number of amides is 1. The van der Waals surface area contributed by atoms with Gasteiger partial charge in [0, 0.05) is 13.1 Å². The van der Waals surface area contributed by atoms with Crippen molar-refractivity contribution in [2.45, 2.75) is 0 Å². The van der Waals surface area contributed by atoms with Crippen molar-refractivity contribution < 1.29 is 18.4 Å². The Kier molecular flexibility index (Phi) is 4.17. The molecule has 1 aliphatic rings. The normalized spacial score (nSPS) is 14.5. The first-order valence-corrected chi connectivity index (χ1v) is 7.89. The maximum Gasteiger partial charge on any atom is 0.278 e. The average molecular weight is 340 g/mol. The molecule has 1 saturated heterocycles. The quantitative estimate of drug-likeness (QED) is 0.779. The van der Waals surface area contributed by atoms with Crippen molar-refractivity contribution in [2.24, 2.45) is 0 Å². The molecule has 128 valence electrons.